The molecule has 118 valence electrons. The molecule has 2 aromatic rings. The van der Waals surface area contributed by atoms with Crippen LogP contribution in [0.25, 0.3) is 0 Å². The number of hydrogen-bond donors (Lipinski definition) is 1. The van der Waals surface area contributed by atoms with Gasteiger partial charge in [0.2, 0.25) is 11.0 Å². The molecule has 22 heavy (non-hydrogen) atoms. The van der Waals surface area contributed by atoms with E-state index < -0.39 is 0 Å². The van der Waals surface area contributed by atoms with Crippen LogP contribution in [-0.4, -0.2) is 27.6 Å². The number of hydrogen-bond acceptors (Lipinski definition) is 6. The molecule has 0 radical (unpaired) electrons. The molecule has 0 aliphatic heterocycles. The van der Waals surface area contributed by atoms with Crippen molar-refractivity contribution in [2.75, 3.05) is 16.8 Å². The number of benzene rings is 1. The summed E-state index contributed by atoms with van der Waals surface area (Å²) in [5.74, 6) is 1.83. The normalized spacial score (nSPS) is 10.6. The standard InChI is InChI=1S/C14H16ClN3OS3/c1-2-20-14-18-17-13(22-14)16-12(19)4-3-9-21-11-7-5-10(15)6-8-11/h5-8H,2-4,9H2,1H3,(H,16,17,19). The maximum Gasteiger partial charge on any atom is 0.226 e. The van der Waals surface area contributed by atoms with Gasteiger partial charge in [0.25, 0.3) is 0 Å². The Morgan fingerprint density at radius 1 is 1.27 bits per heavy atom. The van der Waals surface area contributed by atoms with Crippen LogP contribution in [0.3, 0.4) is 0 Å². The van der Waals surface area contributed by atoms with E-state index in [1.165, 1.54) is 11.3 Å². The number of thioether (sulfide) groups is 2. The van der Waals surface area contributed by atoms with E-state index in [1.54, 1.807) is 23.5 Å². The first-order valence-electron chi connectivity index (χ1n) is 6.82. The van der Waals surface area contributed by atoms with Gasteiger partial charge in [0.1, 0.15) is 0 Å². The number of halogens is 1. The molecule has 2 rings (SSSR count). The van der Waals surface area contributed by atoms with Gasteiger partial charge in [-0.1, -0.05) is 41.6 Å². The predicted octanol–water partition coefficient (Wildman–Crippen LogP) is 4.81. The van der Waals surface area contributed by atoms with Gasteiger partial charge in [-0.05, 0) is 42.2 Å². The third-order valence-electron chi connectivity index (χ3n) is 2.55. The highest BCUT2D eigenvalue weighted by molar-refractivity contribution is 8.01. The number of aromatic nitrogens is 2. The number of carbonyl (C=O) groups is 1. The van der Waals surface area contributed by atoms with Crippen molar-refractivity contribution in [3.05, 3.63) is 29.3 Å². The second kappa shape index (κ2) is 9.39. The van der Waals surface area contributed by atoms with Gasteiger partial charge >= 0.3 is 0 Å². The van der Waals surface area contributed by atoms with Crippen LogP contribution < -0.4 is 5.32 Å². The van der Waals surface area contributed by atoms with Gasteiger partial charge < -0.3 is 5.32 Å². The summed E-state index contributed by atoms with van der Waals surface area (Å²) in [6, 6.07) is 7.72. The number of nitrogens with zero attached hydrogens (tertiary/aromatic N) is 2. The molecule has 0 bridgehead atoms. The van der Waals surface area contributed by atoms with Crippen LogP contribution in [0.4, 0.5) is 5.13 Å². The highest BCUT2D eigenvalue weighted by atomic mass is 35.5. The van der Waals surface area contributed by atoms with E-state index in [0.717, 1.165) is 32.2 Å². The molecular formula is C14H16ClN3OS3. The molecule has 1 aromatic carbocycles. The predicted molar refractivity (Wildman–Crippen MR) is 96.3 cm³/mol. The van der Waals surface area contributed by atoms with E-state index in [1.807, 2.05) is 24.3 Å². The lowest BCUT2D eigenvalue weighted by Crippen LogP contribution is -2.11. The van der Waals surface area contributed by atoms with E-state index in [2.05, 4.69) is 22.4 Å². The van der Waals surface area contributed by atoms with E-state index in [9.17, 15) is 4.79 Å². The Kier molecular flexibility index (Phi) is 7.51. The molecule has 1 heterocycles. The van der Waals surface area contributed by atoms with Crippen LogP contribution in [0.15, 0.2) is 33.5 Å². The monoisotopic (exact) mass is 373 g/mol. The molecule has 1 amide bonds. The Morgan fingerprint density at radius 3 is 2.77 bits per heavy atom. The van der Waals surface area contributed by atoms with Gasteiger partial charge in [0, 0.05) is 16.3 Å². The lowest BCUT2D eigenvalue weighted by molar-refractivity contribution is -0.116. The molecule has 0 fully saturated rings. The van der Waals surface area contributed by atoms with Crippen molar-refractivity contribution < 1.29 is 4.79 Å². The molecule has 8 heteroatoms. The summed E-state index contributed by atoms with van der Waals surface area (Å²) in [5.41, 5.74) is 0. The first-order valence-corrected chi connectivity index (χ1v) is 9.98. The maximum atomic E-state index is 11.8. The van der Waals surface area contributed by atoms with Crippen LogP contribution in [-0.2, 0) is 4.79 Å². The number of anilines is 1. The van der Waals surface area contributed by atoms with Crippen LogP contribution in [0.2, 0.25) is 5.02 Å². The fourth-order valence-electron chi connectivity index (χ4n) is 1.58. The van der Waals surface area contributed by atoms with Crippen molar-refractivity contribution in [3.63, 3.8) is 0 Å². The topological polar surface area (TPSA) is 54.9 Å². The number of nitrogens with one attached hydrogen (secondary N) is 1. The Balaban J connectivity index is 1.65. The highest BCUT2D eigenvalue weighted by Gasteiger charge is 2.08. The average molecular weight is 374 g/mol. The summed E-state index contributed by atoms with van der Waals surface area (Å²) in [7, 11) is 0. The molecule has 0 atom stereocenters. The lowest BCUT2D eigenvalue weighted by atomic mass is 10.3. The second-order valence-corrected chi connectivity index (χ2v) is 8.35. The fraction of sp³-hybridized carbons (Fsp3) is 0.357. The summed E-state index contributed by atoms with van der Waals surface area (Å²) in [5, 5.41) is 12.1. The Hall–Kier alpha value is -0.760. The van der Waals surface area contributed by atoms with Crippen molar-refractivity contribution in [1.82, 2.24) is 10.2 Å². The summed E-state index contributed by atoms with van der Waals surface area (Å²) in [6.45, 7) is 2.06. The minimum absolute atomic E-state index is 0.0131. The third-order valence-corrected chi connectivity index (χ3v) is 5.76. The zero-order valence-electron chi connectivity index (χ0n) is 12.0. The smallest absolute Gasteiger partial charge is 0.226 e. The van der Waals surface area contributed by atoms with E-state index in [-0.39, 0.29) is 5.91 Å². The number of rotatable bonds is 8. The molecular weight excluding hydrogens is 358 g/mol. The molecule has 0 aliphatic rings. The van der Waals surface area contributed by atoms with Crippen LogP contribution in [0.5, 0.6) is 0 Å². The third kappa shape index (κ3) is 6.16. The average Bonchev–Trinajstić information content (AvgIpc) is 2.93. The van der Waals surface area contributed by atoms with Crippen LogP contribution >= 0.6 is 46.5 Å². The van der Waals surface area contributed by atoms with Gasteiger partial charge in [-0.15, -0.1) is 22.0 Å². The van der Waals surface area contributed by atoms with Gasteiger partial charge in [-0.2, -0.15) is 0 Å². The van der Waals surface area contributed by atoms with Gasteiger partial charge in [0.15, 0.2) is 4.34 Å². The first kappa shape index (κ1) is 17.6. The quantitative estimate of drug-likeness (QED) is 0.408. The number of amides is 1. The number of carbonyl (C=O) groups excluding carboxylic acids is 1. The molecule has 0 unspecified atom stereocenters. The zero-order valence-corrected chi connectivity index (χ0v) is 15.2. The van der Waals surface area contributed by atoms with Crippen molar-refractivity contribution in [2.24, 2.45) is 0 Å². The second-order valence-electron chi connectivity index (χ2n) is 4.26. The minimum atomic E-state index is -0.0131. The summed E-state index contributed by atoms with van der Waals surface area (Å²) in [6.07, 6.45) is 1.30. The van der Waals surface area contributed by atoms with Crippen molar-refractivity contribution >= 4 is 57.5 Å². The maximum absolute atomic E-state index is 11.8. The SMILES string of the molecule is CCSc1nnc(NC(=O)CCCSc2ccc(Cl)cc2)s1. The van der Waals surface area contributed by atoms with Crippen LogP contribution in [0.1, 0.15) is 19.8 Å². The summed E-state index contributed by atoms with van der Waals surface area (Å²) < 4.78 is 0.885. The van der Waals surface area contributed by atoms with E-state index in [0.29, 0.717) is 11.6 Å². The van der Waals surface area contributed by atoms with E-state index >= 15 is 0 Å². The van der Waals surface area contributed by atoms with E-state index in [4.69, 9.17) is 11.6 Å². The van der Waals surface area contributed by atoms with Gasteiger partial charge in [-0.3, -0.25) is 4.79 Å². The summed E-state index contributed by atoms with van der Waals surface area (Å²) in [4.78, 5) is 13.0. The van der Waals surface area contributed by atoms with Crippen molar-refractivity contribution in [1.29, 1.82) is 0 Å². The Bertz CT molecular complexity index is 604. The highest BCUT2D eigenvalue weighted by Crippen LogP contribution is 2.25. The first-order chi connectivity index (χ1) is 10.7. The Morgan fingerprint density at radius 2 is 2.05 bits per heavy atom. The zero-order chi connectivity index (χ0) is 15.8. The van der Waals surface area contributed by atoms with Crippen molar-refractivity contribution in [3.8, 4) is 0 Å². The van der Waals surface area contributed by atoms with Gasteiger partial charge in [-0.25, -0.2) is 0 Å². The Labute approximate surface area is 147 Å². The van der Waals surface area contributed by atoms with Crippen LogP contribution in [0, 0.1) is 0 Å². The molecule has 1 N–H and O–H groups in total. The molecule has 1 aromatic heterocycles. The van der Waals surface area contributed by atoms with Gasteiger partial charge in [0.05, 0.1) is 0 Å². The molecule has 0 aliphatic carbocycles. The molecule has 4 nitrogen and oxygen atoms in total. The fourth-order valence-corrected chi connectivity index (χ4v) is 4.22. The van der Waals surface area contributed by atoms with Crippen molar-refractivity contribution in [2.45, 2.75) is 29.0 Å². The molecule has 0 spiro atoms. The largest absolute Gasteiger partial charge is 0.301 e. The molecule has 0 saturated carbocycles. The minimum Gasteiger partial charge on any atom is -0.301 e. The lowest BCUT2D eigenvalue weighted by Gasteiger charge is -2.02. The molecule has 0 saturated heterocycles. The summed E-state index contributed by atoms with van der Waals surface area (Å²) >= 11 is 10.6.